The summed E-state index contributed by atoms with van der Waals surface area (Å²) >= 11 is 0. The summed E-state index contributed by atoms with van der Waals surface area (Å²) in [4.78, 5) is 22.9. The lowest BCUT2D eigenvalue weighted by atomic mass is 10.1. The lowest BCUT2D eigenvalue weighted by molar-refractivity contribution is 0.102. The Kier molecular flexibility index (Phi) is 5.20. The number of amides is 1. The van der Waals surface area contributed by atoms with Crippen molar-refractivity contribution >= 4 is 22.4 Å². The minimum Gasteiger partial charge on any atom is -0.476 e. The largest absolute Gasteiger partial charge is 0.476 e. The van der Waals surface area contributed by atoms with E-state index in [0.29, 0.717) is 23.7 Å². The van der Waals surface area contributed by atoms with Gasteiger partial charge in [-0.15, -0.1) is 0 Å². The Labute approximate surface area is 146 Å². The van der Waals surface area contributed by atoms with E-state index in [4.69, 9.17) is 4.74 Å². The first-order valence-electron chi connectivity index (χ1n) is 8.01. The van der Waals surface area contributed by atoms with E-state index in [1.54, 1.807) is 36.8 Å². The minimum absolute atomic E-state index is 0.178. The van der Waals surface area contributed by atoms with Gasteiger partial charge in [-0.05, 0) is 37.7 Å². The summed E-state index contributed by atoms with van der Waals surface area (Å²) < 4.78 is 5.60. The third kappa shape index (κ3) is 4.30. The average Bonchev–Trinajstić information content (AvgIpc) is 2.61. The van der Waals surface area contributed by atoms with Crippen LogP contribution in [0.25, 0.3) is 10.8 Å². The fourth-order valence-corrected chi connectivity index (χ4v) is 2.42. The number of hydrogen-bond donors (Lipinski definition) is 1. The number of rotatable bonds is 6. The van der Waals surface area contributed by atoms with E-state index in [-0.39, 0.29) is 5.91 Å². The van der Waals surface area contributed by atoms with Crippen molar-refractivity contribution in [3.05, 3.63) is 60.6 Å². The van der Waals surface area contributed by atoms with E-state index in [9.17, 15) is 4.79 Å². The zero-order chi connectivity index (χ0) is 17.6. The van der Waals surface area contributed by atoms with Crippen LogP contribution in [-0.2, 0) is 0 Å². The fraction of sp³-hybridized carbons (Fsp3) is 0.211. The molecule has 1 amide bonds. The van der Waals surface area contributed by atoms with Gasteiger partial charge in [-0.2, -0.15) is 0 Å². The molecule has 3 aromatic rings. The molecule has 1 aromatic carbocycles. The number of nitrogens with one attached hydrogen (secondary N) is 1. The number of likely N-dealkylation sites (N-methyl/N-ethyl adjacent to an activating group) is 1. The highest BCUT2D eigenvalue weighted by Crippen LogP contribution is 2.20. The normalized spacial score (nSPS) is 10.8. The Bertz CT molecular complexity index is 875. The first-order chi connectivity index (χ1) is 12.1. The Morgan fingerprint density at radius 2 is 2.08 bits per heavy atom. The van der Waals surface area contributed by atoms with E-state index in [1.807, 2.05) is 37.2 Å². The van der Waals surface area contributed by atoms with E-state index in [2.05, 4.69) is 15.3 Å². The van der Waals surface area contributed by atoms with Crippen molar-refractivity contribution in [2.24, 2.45) is 0 Å². The van der Waals surface area contributed by atoms with Crippen molar-refractivity contribution in [2.45, 2.75) is 0 Å². The molecule has 0 fully saturated rings. The van der Waals surface area contributed by atoms with Crippen LogP contribution in [0.2, 0.25) is 0 Å². The van der Waals surface area contributed by atoms with Gasteiger partial charge in [0.1, 0.15) is 6.61 Å². The number of ether oxygens (including phenoxy) is 1. The Hall–Kier alpha value is -2.99. The molecule has 0 saturated carbocycles. The van der Waals surface area contributed by atoms with Crippen LogP contribution in [0, 0.1) is 0 Å². The molecule has 2 aromatic heterocycles. The summed E-state index contributed by atoms with van der Waals surface area (Å²) in [6, 6.07) is 10.9. The van der Waals surface area contributed by atoms with Gasteiger partial charge in [-0.3, -0.25) is 9.78 Å². The SMILES string of the molecule is CN(C)CCOc1cc(NC(=O)c2cccc3cnccc23)ccn1. The summed E-state index contributed by atoms with van der Waals surface area (Å²) in [5.74, 6) is 0.309. The zero-order valence-electron chi connectivity index (χ0n) is 14.3. The zero-order valence-corrected chi connectivity index (χ0v) is 14.3. The molecular formula is C19H20N4O2. The van der Waals surface area contributed by atoms with Crippen molar-refractivity contribution in [2.75, 3.05) is 32.6 Å². The van der Waals surface area contributed by atoms with Crippen molar-refractivity contribution in [3.8, 4) is 5.88 Å². The maximum atomic E-state index is 12.6. The second-order valence-electron chi connectivity index (χ2n) is 5.89. The van der Waals surface area contributed by atoms with Crippen LogP contribution in [0.3, 0.4) is 0 Å². The number of aromatic nitrogens is 2. The van der Waals surface area contributed by atoms with Crippen LogP contribution in [0.1, 0.15) is 10.4 Å². The maximum Gasteiger partial charge on any atom is 0.256 e. The summed E-state index contributed by atoms with van der Waals surface area (Å²) in [5.41, 5.74) is 1.25. The smallest absolute Gasteiger partial charge is 0.256 e. The van der Waals surface area contributed by atoms with Gasteiger partial charge in [0.25, 0.3) is 5.91 Å². The molecule has 2 heterocycles. The van der Waals surface area contributed by atoms with Crippen molar-refractivity contribution in [1.82, 2.24) is 14.9 Å². The highest BCUT2D eigenvalue weighted by Gasteiger charge is 2.10. The van der Waals surface area contributed by atoms with Gasteiger partial charge in [0, 0.05) is 47.8 Å². The summed E-state index contributed by atoms with van der Waals surface area (Å²) in [6.07, 6.45) is 5.05. The molecule has 0 spiro atoms. The summed E-state index contributed by atoms with van der Waals surface area (Å²) in [6.45, 7) is 1.33. The second-order valence-corrected chi connectivity index (χ2v) is 5.89. The quantitative estimate of drug-likeness (QED) is 0.750. The van der Waals surface area contributed by atoms with Crippen LogP contribution < -0.4 is 10.1 Å². The van der Waals surface area contributed by atoms with Gasteiger partial charge in [0.2, 0.25) is 5.88 Å². The van der Waals surface area contributed by atoms with Crippen LogP contribution in [0.5, 0.6) is 5.88 Å². The van der Waals surface area contributed by atoms with Gasteiger partial charge in [0.15, 0.2) is 0 Å². The molecule has 25 heavy (non-hydrogen) atoms. The number of nitrogens with zero attached hydrogens (tertiary/aromatic N) is 3. The third-order valence-electron chi connectivity index (χ3n) is 3.71. The molecular weight excluding hydrogens is 316 g/mol. The molecule has 0 aliphatic heterocycles. The molecule has 0 aliphatic carbocycles. The number of benzene rings is 1. The molecule has 128 valence electrons. The van der Waals surface area contributed by atoms with Gasteiger partial charge < -0.3 is 15.0 Å². The Morgan fingerprint density at radius 1 is 1.20 bits per heavy atom. The molecule has 0 unspecified atom stereocenters. The lowest BCUT2D eigenvalue weighted by Gasteiger charge is -2.11. The molecule has 1 N–H and O–H groups in total. The van der Waals surface area contributed by atoms with Crippen LogP contribution in [-0.4, -0.2) is 48.0 Å². The van der Waals surface area contributed by atoms with Crippen LogP contribution in [0.4, 0.5) is 5.69 Å². The topological polar surface area (TPSA) is 67.3 Å². The number of anilines is 1. The molecule has 6 heteroatoms. The van der Waals surface area contributed by atoms with Gasteiger partial charge in [0.05, 0.1) is 0 Å². The second kappa shape index (κ2) is 7.72. The number of fused-ring (bicyclic) bond motifs is 1. The van der Waals surface area contributed by atoms with Gasteiger partial charge in [-0.25, -0.2) is 4.98 Å². The predicted octanol–water partition coefficient (Wildman–Crippen LogP) is 2.82. The summed E-state index contributed by atoms with van der Waals surface area (Å²) in [7, 11) is 3.96. The molecule has 0 radical (unpaired) electrons. The highest BCUT2D eigenvalue weighted by atomic mass is 16.5. The number of carbonyl (C=O) groups is 1. The molecule has 0 saturated heterocycles. The molecule has 0 aliphatic rings. The van der Waals surface area contributed by atoms with Crippen molar-refractivity contribution in [1.29, 1.82) is 0 Å². The molecule has 0 atom stereocenters. The van der Waals surface area contributed by atoms with Crippen molar-refractivity contribution in [3.63, 3.8) is 0 Å². The highest BCUT2D eigenvalue weighted by molar-refractivity contribution is 6.12. The maximum absolute atomic E-state index is 12.6. The number of carbonyl (C=O) groups excluding carboxylic acids is 1. The Morgan fingerprint density at radius 3 is 2.92 bits per heavy atom. The van der Waals surface area contributed by atoms with Crippen LogP contribution >= 0.6 is 0 Å². The predicted molar refractivity (Wildman–Crippen MR) is 98.0 cm³/mol. The van der Waals surface area contributed by atoms with Gasteiger partial charge in [-0.1, -0.05) is 12.1 Å². The first kappa shape index (κ1) is 16.9. The standard InChI is InChI=1S/C19H20N4O2/c1-23(2)10-11-25-18-12-15(6-9-21-18)22-19(24)17-5-3-4-14-13-20-8-7-16(14)17/h3-9,12-13H,10-11H2,1-2H3,(H,21,22,24). The third-order valence-corrected chi connectivity index (χ3v) is 3.71. The summed E-state index contributed by atoms with van der Waals surface area (Å²) in [5, 5.41) is 4.70. The molecule has 3 rings (SSSR count). The average molecular weight is 336 g/mol. The van der Waals surface area contributed by atoms with Gasteiger partial charge >= 0.3 is 0 Å². The molecule has 0 bridgehead atoms. The Balaban J connectivity index is 1.74. The van der Waals surface area contributed by atoms with Crippen LogP contribution in [0.15, 0.2) is 55.0 Å². The van der Waals surface area contributed by atoms with Crippen molar-refractivity contribution < 1.29 is 9.53 Å². The van der Waals surface area contributed by atoms with E-state index < -0.39 is 0 Å². The first-order valence-corrected chi connectivity index (χ1v) is 8.01. The number of hydrogen-bond acceptors (Lipinski definition) is 5. The van der Waals surface area contributed by atoms with E-state index in [0.717, 1.165) is 17.3 Å². The number of pyridine rings is 2. The van der Waals surface area contributed by atoms with E-state index >= 15 is 0 Å². The minimum atomic E-state index is -0.178. The monoisotopic (exact) mass is 336 g/mol. The fourth-order valence-electron chi connectivity index (χ4n) is 2.42. The van der Waals surface area contributed by atoms with E-state index in [1.165, 1.54) is 0 Å². The molecule has 6 nitrogen and oxygen atoms in total. The lowest BCUT2D eigenvalue weighted by Crippen LogP contribution is -2.19.